The van der Waals surface area contributed by atoms with Crippen molar-refractivity contribution in [1.82, 2.24) is 25.4 Å². The van der Waals surface area contributed by atoms with Gasteiger partial charge in [0, 0.05) is 24.4 Å². The number of aryl methyl sites for hydroxylation is 1. The first-order valence-corrected chi connectivity index (χ1v) is 10.7. The molecule has 6 nitrogen and oxygen atoms in total. The Bertz CT molecular complexity index is 847. The Hall–Kier alpha value is -1.94. The zero-order chi connectivity index (χ0) is 19.6. The summed E-state index contributed by atoms with van der Waals surface area (Å²) in [6.07, 6.45) is 3.66. The van der Waals surface area contributed by atoms with Crippen LogP contribution in [0.15, 0.2) is 59.2 Å². The SMILES string of the molecule is CCc1nncn1CCNC(=NCc1ccccc1)NC(CC)c1cccs1.I. The summed E-state index contributed by atoms with van der Waals surface area (Å²) in [5, 5.41) is 17.3. The Morgan fingerprint density at radius 1 is 1.17 bits per heavy atom. The van der Waals surface area contributed by atoms with Crippen molar-refractivity contribution in [2.24, 2.45) is 4.99 Å². The summed E-state index contributed by atoms with van der Waals surface area (Å²) in [5.74, 6) is 1.83. The molecule has 3 rings (SSSR count). The van der Waals surface area contributed by atoms with Crippen LogP contribution >= 0.6 is 35.3 Å². The van der Waals surface area contributed by atoms with Gasteiger partial charge in [0.1, 0.15) is 12.2 Å². The third kappa shape index (κ3) is 7.11. The zero-order valence-electron chi connectivity index (χ0n) is 16.9. The lowest BCUT2D eigenvalue weighted by atomic mass is 10.2. The van der Waals surface area contributed by atoms with Crippen LogP contribution in [0.5, 0.6) is 0 Å². The molecule has 0 aliphatic rings. The molecule has 156 valence electrons. The van der Waals surface area contributed by atoms with Gasteiger partial charge in [0.25, 0.3) is 0 Å². The van der Waals surface area contributed by atoms with Crippen molar-refractivity contribution in [3.05, 3.63) is 70.4 Å². The molecule has 0 aliphatic heterocycles. The number of aromatic nitrogens is 3. The molecule has 0 aliphatic carbocycles. The molecule has 0 bridgehead atoms. The van der Waals surface area contributed by atoms with Gasteiger partial charge in [0.15, 0.2) is 5.96 Å². The van der Waals surface area contributed by atoms with E-state index >= 15 is 0 Å². The molecule has 2 aromatic heterocycles. The van der Waals surface area contributed by atoms with Crippen LogP contribution in [0.1, 0.15) is 42.6 Å². The molecule has 0 amide bonds. The largest absolute Gasteiger partial charge is 0.355 e. The maximum atomic E-state index is 4.81. The minimum absolute atomic E-state index is 0. The number of nitrogens with zero attached hydrogens (tertiary/aromatic N) is 4. The molecule has 0 spiro atoms. The van der Waals surface area contributed by atoms with Crippen molar-refractivity contribution in [3.63, 3.8) is 0 Å². The fraction of sp³-hybridized carbons (Fsp3) is 0.381. The molecular formula is C21H29IN6S. The number of nitrogens with one attached hydrogen (secondary N) is 2. The van der Waals surface area contributed by atoms with Crippen molar-refractivity contribution in [2.45, 2.75) is 45.8 Å². The lowest BCUT2D eigenvalue weighted by molar-refractivity contribution is 0.595. The van der Waals surface area contributed by atoms with Crippen molar-refractivity contribution >= 4 is 41.3 Å². The normalized spacial score (nSPS) is 12.3. The van der Waals surface area contributed by atoms with Gasteiger partial charge in [0.2, 0.25) is 0 Å². The number of guanidine groups is 1. The van der Waals surface area contributed by atoms with E-state index in [0.717, 1.165) is 37.7 Å². The summed E-state index contributed by atoms with van der Waals surface area (Å²) >= 11 is 1.77. The number of halogens is 1. The Kier molecular flexibility index (Phi) is 10.1. The first-order chi connectivity index (χ1) is 13.8. The van der Waals surface area contributed by atoms with Gasteiger partial charge < -0.3 is 15.2 Å². The van der Waals surface area contributed by atoms with Crippen molar-refractivity contribution < 1.29 is 0 Å². The molecule has 0 radical (unpaired) electrons. The van der Waals surface area contributed by atoms with Gasteiger partial charge >= 0.3 is 0 Å². The van der Waals surface area contributed by atoms with Crippen LogP contribution < -0.4 is 10.6 Å². The van der Waals surface area contributed by atoms with Gasteiger partial charge in [0.05, 0.1) is 12.6 Å². The van der Waals surface area contributed by atoms with Crippen LogP contribution in [0.2, 0.25) is 0 Å². The predicted octanol–water partition coefficient (Wildman–Crippen LogP) is 4.41. The van der Waals surface area contributed by atoms with Crippen LogP contribution in [0, 0.1) is 0 Å². The van der Waals surface area contributed by atoms with Gasteiger partial charge in [-0.3, -0.25) is 0 Å². The average Bonchev–Trinajstić information content (AvgIpc) is 3.42. The second-order valence-corrected chi connectivity index (χ2v) is 7.47. The fourth-order valence-corrected chi connectivity index (χ4v) is 3.83. The van der Waals surface area contributed by atoms with Crippen LogP contribution in [-0.2, 0) is 19.5 Å². The minimum atomic E-state index is 0. The van der Waals surface area contributed by atoms with E-state index in [1.165, 1.54) is 10.4 Å². The van der Waals surface area contributed by atoms with Gasteiger partial charge in [-0.05, 0) is 23.4 Å². The molecule has 1 unspecified atom stereocenters. The van der Waals surface area contributed by atoms with E-state index in [1.54, 1.807) is 17.7 Å². The Balaban J connectivity index is 0.00000300. The molecule has 8 heteroatoms. The van der Waals surface area contributed by atoms with Gasteiger partial charge in [-0.15, -0.1) is 45.5 Å². The number of aliphatic imine (C=N–C) groups is 1. The molecule has 2 N–H and O–H groups in total. The van der Waals surface area contributed by atoms with E-state index in [9.17, 15) is 0 Å². The molecule has 3 aromatic rings. The lowest BCUT2D eigenvalue weighted by Gasteiger charge is -2.20. The molecule has 1 atom stereocenters. The Morgan fingerprint density at radius 2 is 2.00 bits per heavy atom. The predicted molar refractivity (Wildman–Crippen MR) is 131 cm³/mol. The summed E-state index contributed by atoms with van der Waals surface area (Å²) < 4.78 is 2.08. The Morgan fingerprint density at radius 3 is 2.69 bits per heavy atom. The second kappa shape index (κ2) is 12.6. The van der Waals surface area contributed by atoms with Crippen LogP contribution in [0.25, 0.3) is 0 Å². The maximum Gasteiger partial charge on any atom is 0.192 e. The number of thiophene rings is 1. The summed E-state index contributed by atoms with van der Waals surface area (Å²) in [5.41, 5.74) is 1.19. The average molecular weight is 524 g/mol. The summed E-state index contributed by atoms with van der Waals surface area (Å²) in [6, 6.07) is 14.8. The van der Waals surface area contributed by atoms with E-state index in [4.69, 9.17) is 4.99 Å². The topological polar surface area (TPSA) is 67.1 Å². The standard InChI is InChI=1S/C21H28N6S.HI/c1-3-18(19-11-8-14-28-19)25-21(23-15-17-9-6-5-7-10-17)22-12-13-27-16-24-26-20(27)4-2;/h5-11,14,16,18H,3-4,12-13,15H2,1-2H3,(H2,22,23,25);1H. The summed E-state index contributed by atoms with van der Waals surface area (Å²) in [7, 11) is 0. The summed E-state index contributed by atoms with van der Waals surface area (Å²) in [6.45, 7) is 6.49. The molecule has 2 heterocycles. The van der Waals surface area contributed by atoms with E-state index in [2.05, 4.69) is 68.9 Å². The number of rotatable bonds is 9. The van der Waals surface area contributed by atoms with Crippen LogP contribution in [0.3, 0.4) is 0 Å². The number of hydrogen-bond donors (Lipinski definition) is 2. The smallest absolute Gasteiger partial charge is 0.192 e. The third-order valence-electron chi connectivity index (χ3n) is 4.53. The molecule has 0 fully saturated rings. The highest BCUT2D eigenvalue weighted by Crippen LogP contribution is 2.21. The van der Waals surface area contributed by atoms with Crippen molar-refractivity contribution in [2.75, 3.05) is 6.54 Å². The van der Waals surface area contributed by atoms with E-state index < -0.39 is 0 Å². The monoisotopic (exact) mass is 524 g/mol. The maximum absolute atomic E-state index is 4.81. The molecule has 1 aromatic carbocycles. The number of hydrogen-bond acceptors (Lipinski definition) is 4. The molecule has 29 heavy (non-hydrogen) atoms. The Labute approximate surface area is 193 Å². The minimum Gasteiger partial charge on any atom is -0.355 e. The first kappa shape index (κ1) is 23.3. The number of benzene rings is 1. The zero-order valence-corrected chi connectivity index (χ0v) is 20.1. The van der Waals surface area contributed by atoms with E-state index in [0.29, 0.717) is 6.54 Å². The lowest BCUT2D eigenvalue weighted by Crippen LogP contribution is -2.40. The van der Waals surface area contributed by atoms with Crippen molar-refractivity contribution in [3.8, 4) is 0 Å². The summed E-state index contributed by atoms with van der Waals surface area (Å²) in [4.78, 5) is 6.13. The quantitative estimate of drug-likeness (QED) is 0.247. The highest BCUT2D eigenvalue weighted by molar-refractivity contribution is 14.0. The van der Waals surface area contributed by atoms with Crippen LogP contribution in [0.4, 0.5) is 0 Å². The third-order valence-corrected chi connectivity index (χ3v) is 5.51. The van der Waals surface area contributed by atoms with E-state index in [-0.39, 0.29) is 30.0 Å². The highest BCUT2D eigenvalue weighted by Gasteiger charge is 2.12. The van der Waals surface area contributed by atoms with Crippen LogP contribution in [-0.4, -0.2) is 27.3 Å². The van der Waals surface area contributed by atoms with Gasteiger partial charge in [-0.2, -0.15) is 0 Å². The van der Waals surface area contributed by atoms with Crippen molar-refractivity contribution in [1.29, 1.82) is 0 Å². The molecule has 0 saturated heterocycles. The highest BCUT2D eigenvalue weighted by atomic mass is 127. The fourth-order valence-electron chi connectivity index (χ4n) is 2.97. The van der Waals surface area contributed by atoms with Gasteiger partial charge in [-0.25, -0.2) is 4.99 Å². The van der Waals surface area contributed by atoms with Gasteiger partial charge in [-0.1, -0.05) is 50.2 Å². The van der Waals surface area contributed by atoms with E-state index in [1.807, 2.05) is 18.2 Å². The molecular weight excluding hydrogens is 495 g/mol. The first-order valence-electron chi connectivity index (χ1n) is 9.79. The second-order valence-electron chi connectivity index (χ2n) is 6.49. The molecule has 0 saturated carbocycles.